The third-order valence-electron chi connectivity index (χ3n) is 6.15. The molecule has 0 aliphatic rings. The Balaban J connectivity index is 2.02. The highest BCUT2D eigenvalue weighted by Gasteiger charge is 2.21. The van der Waals surface area contributed by atoms with Crippen LogP contribution >= 0.6 is 0 Å². The SMILES string of the molecule is CCN(CC)CCCCn1c(-c2ccccc2)nc2c(N(CCOC)CCOC)nc(C)nc21. The number of hydrogen-bond donors (Lipinski definition) is 0. The molecule has 0 aliphatic carbocycles. The molecule has 0 N–H and O–H groups in total. The summed E-state index contributed by atoms with van der Waals surface area (Å²) < 4.78 is 13.0. The number of benzene rings is 1. The highest BCUT2D eigenvalue weighted by atomic mass is 16.5. The fourth-order valence-corrected chi connectivity index (χ4v) is 4.20. The summed E-state index contributed by atoms with van der Waals surface area (Å²) in [5, 5.41) is 0. The van der Waals surface area contributed by atoms with Crippen molar-refractivity contribution >= 4 is 17.0 Å². The molecule has 2 heterocycles. The van der Waals surface area contributed by atoms with Gasteiger partial charge in [0.2, 0.25) is 0 Å². The van der Waals surface area contributed by atoms with Crippen LogP contribution in [-0.4, -0.2) is 84.6 Å². The number of anilines is 1. The molecule has 0 saturated carbocycles. The van der Waals surface area contributed by atoms with Gasteiger partial charge < -0.3 is 23.8 Å². The van der Waals surface area contributed by atoms with Crippen molar-refractivity contribution < 1.29 is 9.47 Å². The summed E-state index contributed by atoms with van der Waals surface area (Å²) in [5.74, 6) is 2.53. The van der Waals surface area contributed by atoms with Crippen LogP contribution < -0.4 is 4.90 Å². The number of unbranched alkanes of at least 4 members (excludes halogenated alkanes) is 1. The first-order valence-electron chi connectivity index (χ1n) is 12.4. The van der Waals surface area contributed by atoms with E-state index in [0.717, 1.165) is 73.2 Å². The monoisotopic (exact) mass is 468 g/mol. The number of nitrogens with zero attached hydrogens (tertiary/aromatic N) is 6. The molecule has 186 valence electrons. The van der Waals surface area contributed by atoms with E-state index in [9.17, 15) is 0 Å². The molecular formula is C26H40N6O2. The summed E-state index contributed by atoms with van der Waals surface area (Å²) in [6.45, 7) is 13.2. The van der Waals surface area contributed by atoms with E-state index in [4.69, 9.17) is 24.4 Å². The minimum absolute atomic E-state index is 0.603. The maximum absolute atomic E-state index is 5.36. The standard InChI is InChI=1S/C26H40N6O2/c1-6-30(7-2)15-11-12-16-32-24(22-13-9-8-10-14-22)29-23-25(27-21(3)28-26(23)32)31(17-19-33-4)18-20-34-5/h8-10,13-14H,6-7,11-12,15-20H2,1-5H3. The van der Waals surface area contributed by atoms with E-state index in [0.29, 0.717) is 26.3 Å². The fourth-order valence-electron chi connectivity index (χ4n) is 4.20. The zero-order chi connectivity index (χ0) is 24.3. The molecule has 0 fully saturated rings. The average Bonchev–Trinajstić information content (AvgIpc) is 3.22. The molecule has 0 bridgehead atoms. The second-order valence-electron chi connectivity index (χ2n) is 8.43. The van der Waals surface area contributed by atoms with Gasteiger partial charge in [-0.25, -0.2) is 15.0 Å². The zero-order valence-electron chi connectivity index (χ0n) is 21.5. The van der Waals surface area contributed by atoms with Gasteiger partial charge in [0.05, 0.1) is 13.2 Å². The Bertz CT molecular complexity index is 995. The molecule has 8 heteroatoms. The molecule has 8 nitrogen and oxygen atoms in total. The van der Waals surface area contributed by atoms with Gasteiger partial charge in [-0.2, -0.15) is 0 Å². The molecule has 3 rings (SSSR count). The van der Waals surface area contributed by atoms with Crippen molar-refractivity contribution in [2.24, 2.45) is 0 Å². The lowest BCUT2D eigenvalue weighted by Gasteiger charge is -2.23. The number of aromatic nitrogens is 4. The van der Waals surface area contributed by atoms with Crippen LogP contribution in [0.2, 0.25) is 0 Å². The Kier molecular flexibility index (Phi) is 10.2. The van der Waals surface area contributed by atoms with Gasteiger partial charge in [-0.05, 0) is 39.4 Å². The Hall–Kier alpha value is -2.55. The van der Waals surface area contributed by atoms with Gasteiger partial charge in [-0.15, -0.1) is 0 Å². The van der Waals surface area contributed by atoms with Gasteiger partial charge in [-0.1, -0.05) is 44.2 Å². The van der Waals surface area contributed by atoms with E-state index in [2.05, 4.69) is 52.5 Å². The Morgan fingerprint density at radius 3 is 2.15 bits per heavy atom. The third-order valence-corrected chi connectivity index (χ3v) is 6.15. The highest BCUT2D eigenvalue weighted by Crippen LogP contribution is 2.29. The lowest BCUT2D eigenvalue weighted by molar-refractivity contribution is 0.190. The number of fused-ring (bicyclic) bond motifs is 1. The zero-order valence-corrected chi connectivity index (χ0v) is 21.5. The minimum atomic E-state index is 0.603. The molecule has 3 aromatic rings. The Morgan fingerprint density at radius 1 is 0.853 bits per heavy atom. The number of aryl methyl sites for hydroxylation is 2. The predicted molar refractivity (Wildman–Crippen MR) is 138 cm³/mol. The van der Waals surface area contributed by atoms with E-state index in [1.54, 1.807) is 14.2 Å². The van der Waals surface area contributed by atoms with Gasteiger partial charge >= 0.3 is 0 Å². The lowest BCUT2D eigenvalue weighted by Crippen LogP contribution is -2.32. The minimum Gasteiger partial charge on any atom is -0.383 e. The largest absolute Gasteiger partial charge is 0.383 e. The molecule has 0 unspecified atom stereocenters. The van der Waals surface area contributed by atoms with Crippen LogP contribution in [0.25, 0.3) is 22.6 Å². The van der Waals surface area contributed by atoms with Crippen LogP contribution in [0.3, 0.4) is 0 Å². The molecule has 0 atom stereocenters. The topological polar surface area (TPSA) is 68.5 Å². The molecule has 0 amide bonds. The molecule has 2 aromatic heterocycles. The van der Waals surface area contributed by atoms with Crippen molar-refractivity contribution in [2.75, 3.05) is 65.1 Å². The van der Waals surface area contributed by atoms with Gasteiger partial charge in [-0.3, -0.25) is 0 Å². The van der Waals surface area contributed by atoms with Crippen molar-refractivity contribution in [1.82, 2.24) is 24.4 Å². The smallest absolute Gasteiger partial charge is 0.166 e. The molecule has 1 aromatic carbocycles. The number of hydrogen-bond acceptors (Lipinski definition) is 7. The van der Waals surface area contributed by atoms with Crippen molar-refractivity contribution in [3.63, 3.8) is 0 Å². The van der Waals surface area contributed by atoms with Crippen molar-refractivity contribution in [3.05, 3.63) is 36.2 Å². The van der Waals surface area contributed by atoms with Gasteiger partial charge in [0, 0.05) is 39.4 Å². The van der Waals surface area contributed by atoms with Gasteiger partial charge in [0.25, 0.3) is 0 Å². The molecular weight excluding hydrogens is 428 g/mol. The van der Waals surface area contributed by atoms with E-state index in [1.165, 1.54) is 0 Å². The lowest BCUT2D eigenvalue weighted by atomic mass is 10.2. The Morgan fingerprint density at radius 2 is 1.53 bits per heavy atom. The second kappa shape index (κ2) is 13.4. The van der Waals surface area contributed by atoms with Crippen LogP contribution in [0, 0.1) is 6.92 Å². The first-order chi connectivity index (χ1) is 16.6. The summed E-state index contributed by atoms with van der Waals surface area (Å²) >= 11 is 0. The third kappa shape index (κ3) is 6.52. The van der Waals surface area contributed by atoms with Crippen molar-refractivity contribution in [1.29, 1.82) is 0 Å². The molecule has 0 aliphatic heterocycles. The average molecular weight is 469 g/mol. The van der Waals surface area contributed by atoms with Crippen LogP contribution in [-0.2, 0) is 16.0 Å². The highest BCUT2D eigenvalue weighted by molar-refractivity contribution is 5.87. The van der Waals surface area contributed by atoms with E-state index in [1.807, 2.05) is 13.0 Å². The van der Waals surface area contributed by atoms with Gasteiger partial charge in [0.1, 0.15) is 11.6 Å². The number of ether oxygens (including phenoxy) is 2. The number of rotatable bonds is 15. The van der Waals surface area contributed by atoms with E-state index >= 15 is 0 Å². The molecule has 34 heavy (non-hydrogen) atoms. The van der Waals surface area contributed by atoms with Crippen molar-refractivity contribution in [2.45, 2.75) is 40.2 Å². The second-order valence-corrected chi connectivity index (χ2v) is 8.43. The van der Waals surface area contributed by atoms with E-state index in [-0.39, 0.29) is 0 Å². The normalized spacial score (nSPS) is 11.6. The predicted octanol–water partition coefficient (Wildman–Crippen LogP) is 4.02. The summed E-state index contributed by atoms with van der Waals surface area (Å²) in [6.07, 6.45) is 2.21. The van der Waals surface area contributed by atoms with Crippen LogP contribution in [0.4, 0.5) is 5.82 Å². The first kappa shape index (κ1) is 26.1. The van der Waals surface area contributed by atoms with Gasteiger partial charge in [0.15, 0.2) is 17.0 Å². The van der Waals surface area contributed by atoms with Crippen LogP contribution in [0.1, 0.15) is 32.5 Å². The van der Waals surface area contributed by atoms with Crippen LogP contribution in [0.15, 0.2) is 30.3 Å². The fraction of sp³-hybridized carbons (Fsp3) is 0.577. The number of methoxy groups -OCH3 is 2. The van der Waals surface area contributed by atoms with E-state index < -0.39 is 0 Å². The summed E-state index contributed by atoms with van der Waals surface area (Å²) in [5.41, 5.74) is 2.82. The first-order valence-corrected chi connectivity index (χ1v) is 12.4. The Labute approximate surface area is 203 Å². The quantitative estimate of drug-likeness (QED) is 0.312. The molecule has 0 spiro atoms. The summed E-state index contributed by atoms with van der Waals surface area (Å²) in [4.78, 5) is 19.5. The van der Waals surface area contributed by atoms with Crippen molar-refractivity contribution in [3.8, 4) is 11.4 Å². The maximum Gasteiger partial charge on any atom is 0.166 e. The summed E-state index contributed by atoms with van der Waals surface area (Å²) in [7, 11) is 3.44. The number of imidazole rings is 1. The summed E-state index contributed by atoms with van der Waals surface area (Å²) in [6, 6.07) is 10.4. The molecule has 0 radical (unpaired) electrons. The maximum atomic E-state index is 5.36. The van der Waals surface area contributed by atoms with Crippen LogP contribution in [0.5, 0.6) is 0 Å². The molecule has 0 saturated heterocycles.